The smallest absolute Gasteiger partial charge is 0.251 e. The van der Waals surface area contributed by atoms with E-state index in [1.807, 2.05) is 31.2 Å². The maximum absolute atomic E-state index is 12.6. The Bertz CT molecular complexity index is 908. The van der Waals surface area contributed by atoms with Gasteiger partial charge in [-0.15, -0.1) is 0 Å². The molecule has 0 heterocycles. The number of carbonyl (C=O) groups is 1. The quantitative estimate of drug-likeness (QED) is 0.782. The topological polar surface area (TPSA) is 84.9 Å². The predicted molar refractivity (Wildman–Crippen MR) is 103 cm³/mol. The summed E-state index contributed by atoms with van der Waals surface area (Å²) in [5.74, 6) is 0.533. The van der Waals surface area contributed by atoms with Gasteiger partial charge < -0.3 is 14.8 Å². The highest BCUT2D eigenvalue weighted by Crippen LogP contribution is 2.27. The van der Waals surface area contributed by atoms with Crippen molar-refractivity contribution in [1.29, 1.82) is 0 Å². The maximum Gasteiger partial charge on any atom is 0.251 e. The van der Waals surface area contributed by atoms with Crippen molar-refractivity contribution < 1.29 is 22.7 Å². The van der Waals surface area contributed by atoms with Gasteiger partial charge in [0.05, 0.1) is 20.3 Å². The molecule has 7 nitrogen and oxygen atoms in total. The Labute approximate surface area is 160 Å². The molecule has 0 spiro atoms. The molecule has 1 atom stereocenters. The first-order valence-corrected chi connectivity index (χ1v) is 9.70. The fourth-order valence-corrected chi connectivity index (χ4v) is 3.55. The van der Waals surface area contributed by atoms with Crippen LogP contribution in [-0.4, -0.2) is 46.9 Å². The Morgan fingerprint density at radius 2 is 1.67 bits per heavy atom. The summed E-state index contributed by atoms with van der Waals surface area (Å²) in [6.45, 7) is 1.85. The zero-order valence-electron chi connectivity index (χ0n) is 16.0. The molecular formula is C19H24N2O5S. The van der Waals surface area contributed by atoms with E-state index in [1.165, 1.54) is 39.4 Å². The largest absolute Gasteiger partial charge is 0.497 e. The zero-order valence-corrected chi connectivity index (χ0v) is 16.8. The summed E-state index contributed by atoms with van der Waals surface area (Å²) in [7, 11) is 2.07. The van der Waals surface area contributed by atoms with Gasteiger partial charge in [0.2, 0.25) is 10.0 Å². The monoisotopic (exact) mass is 392 g/mol. The Hall–Kier alpha value is -2.58. The molecule has 0 aromatic heterocycles. The van der Waals surface area contributed by atoms with Gasteiger partial charge in [-0.2, -0.15) is 0 Å². The number of sulfonamides is 1. The van der Waals surface area contributed by atoms with Crippen molar-refractivity contribution in [3.8, 4) is 11.5 Å². The van der Waals surface area contributed by atoms with Crippen LogP contribution in [0, 0.1) is 0 Å². The highest BCUT2D eigenvalue weighted by molar-refractivity contribution is 7.89. The standard InChI is InChI=1S/C19H24N2O5S/c1-13(14-6-9-16(25-4)10-7-14)20-19(22)15-8-11-17(26-5)18(12-15)27(23,24)21(2)3/h6-13H,1-5H3,(H,20,22)/t13-/m0/s1. The van der Waals surface area contributed by atoms with Gasteiger partial charge >= 0.3 is 0 Å². The van der Waals surface area contributed by atoms with Crippen LogP contribution >= 0.6 is 0 Å². The second kappa shape index (κ2) is 8.41. The molecule has 1 N–H and O–H groups in total. The number of hydrogen-bond donors (Lipinski definition) is 1. The van der Waals surface area contributed by atoms with Crippen molar-refractivity contribution in [3.63, 3.8) is 0 Å². The van der Waals surface area contributed by atoms with E-state index in [-0.39, 0.29) is 28.2 Å². The summed E-state index contributed by atoms with van der Waals surface area (Å²) in [4.78, 5) is 12.6. The summed E-state index contributed by atoms with van der Waals surface area (Å²) >= 11 is 0. The number of rotatable bonds is 7. The lowest BCUT2D eigenvalue weighted by molar-refractivity contribution is 0.0939. The molecule has 0 aliphatic heterocycles. The van der Waals surface area contributed by atoms with Gasteiger partial charge in [0.1, 0.15) is 16.4 Å². The van der Waals surface area contributed by atoms with Crippen LogP contribution < -0.4 is 14.8 Å². The fourth-order valence-electron chi connectivity index (χ4n) is 2.47. The van der Waals surface area contributed by atoms with Gasteiger partial charge in [0.25, 0.3) is 5.91 Å². The van der Waals surface area contributed by atoms with E-state index < -0.39 is 10.0 Å². The summed E-state index contributed by atoms with van der Waals surface area (Å²) in [5, 5.41) is 2.87. The third-order valence-corrected chi connectivity index (χ3v) is 5.98. The number of nitrogens with one attached hydrogen (secondary N) is 1. The first kappa shape index (κ1) is 20.7. The zero-order chi connectivity index (χ0) is 20.2. The van der Waals surface area contributed by atoms with Gasteiger partial charge in [-0.25, -0.2) is 12.7 Å². The molecule has 0 radical (unpaired) electrons. The van der Waals surface area contributed by atoms with E-state index >= 15 is 0 Å². The van der Waals surface area contributed by atoms with Crippen LogP contribution in [-0.2, 0) is 10.0 Å². The van der Waals surface area contributed by atoms with Gasteiger partial charge in [-0.05, 0) is 42.8 Å². The summed E-state index contributed by atoms with van der Waals surface area (Å²) < 4.78 is 36.3. The van der Waals surface area contributed by atoms with E-state index in [9.17, 15) is 13.2 Å². The van der Waals surface area contributed by atoms with Crippen LogP contribution in [0.3, 0.4) is 0 Å². The Balaban J connectivity index is 2.28. The van der Waals surface area contributed by atoms with Crippen LogP contribution in [0.5, 0.6) is 11.5 Å². The van der Waals surface area contributed by atoms with Gasteiger partial charge in [0, 0.05) is 19.7 Å². The van der Waals surface area contributed by atoms with Crippen molar-refractivity contribution in [2.24, 2.45) is 0 Å². The van der Waals surface area contributed by atoms with Crippen molar-refractivity contribution in [2.75, 3.05) is 28.3 Å². The van der Waals surface area contributed by atoms with Gasteiger partial charge in [0.15, 0.2) is 0 Å². The molecular weight excluding hydrogens is 368 g/mol. The highest BCUT2D eigenvalue weighted by Gasteiger charge is 2.24. The molecule has 146 valence electrons. The Morgan fingerprint density at radius 3 is 2.19 bits per heavy atom. The number of carbonyl (C=O) groups excluding carboxylic acids is 1. The molecule has 2 rings (SSSR count). The minimum absolute atomic E-state index is 0.0558. The van der Waals surface area contributed by atoms with Crippen molar-refractivity contribution in [3.05, 3.63) is 53.6 Å². The summed E-state index contributed by atoms with van der Waals surface area (Å²) in [5.41, 5.74) is 1.13. The van der Waals surface area contributed by atoms with E-state index in [0.717, 1.165) is 15.6 Å². The number of nitrogens with zero attached hydrogens (tertiary/aromatic N) is 1. The molecule has 27 heavy (non-hydrogen) atoms. The number of ether oxygens (including phenoxy) is 2. The van der Waals surface area contributed by atoms with Gasteiger partial charge in [-0.1, -0.05) is 12.1 Å². The molecule has 0 unspecified atom stereocenters. The molecule has 0 saturated heterocycles. The molecule has 2 aromatic rings. The first-order valence-electron chi connectivity index (χ1n) is 8.26. The predicted octanol–water partition coefficient (Wildman–Crippen LogP) is 2.45. The molecule has 0 aliphatic carbocycles. The third-order valence-electron chi connectivity index (χ3n) is 4.15. The fraction of sp³-hybridized carbons (Fsp3) is 0.316. The third kappa shape index (κ3) is 4.58. The lowest BCUT2D eigenvalue weighted by atomic mass is 10.1. The van der Waals surface area contributed by atoms with Crippen LogP contribution in [0.25, 0.3) is 0 Å². The van der Waals surface area contributed by atoms with Gasteiger partial charge in [-0.3, -0.25) is 4.79 Å². The molecule has 0 fully saturated rings. The second-order valence-electron chi connectivity index (χ2n) is 6.12. The Morgan fingerprint density at radius 1 is 1.04 bits per heavy atom. The molecule has 8 heteroatoms. The molecule has 0 aliphatic rings. The first-order chi connectivity index (χ1) is 12.7. The van der Waals surface area contributed by atoms with Crippen molar-refractivity contribution in [2.45, 2.75) is 17.9 Å². The van der Waals surface area contributed by atoms with E-state index in [0.29, 0.717) is 0 Å². The normalized spacial score (nSPS) is 12.5. The van der Waals surface area contributed by atoms with E-state index in [2.05, 4.69) is 5.32 Å². The average molecular weight is 392 g/mol. The van der Waals surface area contributed by atoms with Crippen LogP contribution in [0.2, 0.25) is 0 Å². The molecule has 1 amide bonds. The van der Waals surface area contributed by atoms with Crippen molar-refractivity contribution in [1.82, 2.24) is 9.62 Å². The number of methoxy groups -OCH3 is 2. The van der Waals surface area contributed by atoms with Crippen LogP contribution in [0.15, 0.2) is 47.4 Å². The lowest BCUT2D eigenvalue weighted by Crippen LogP contribution is -2.27. The van der Waals surface area contributed by atoms with E-state index in [1.54, 1.807) is 7.11 Å². The summed E-state index contributed by atoms with van der Waals surface area (Å²) in [6.07, 6.45) is 0. The minimum atomic E-state index is -3.75. The second-order valence-corrected chi connectivity index (χ2v) is 8.24. The van der Waals surface area contributed by atoms with Crippen molar-refractivity contribution >= 4 is 15.9 Å². The maximum atomic E-state index is 12.6. The number of amides is 1. The number of benzene rings is 2. The SMILES string of the molecule is COc1ccc([C@H](C)NC(=O)c2ccc(OC)c(S(=O)(=O)N(C)C)c2)cc1. The van der Waals surface area contributed by atoms with Crippen LogP contribution in [0.1, 0.15) is 28.9 Å². The molecule has 0 saturated carbocycles. The minimum Gasteiger partial charge on any atom is -0.497 e. The van der Waals surface area contributed by atoms with Crippen LogP contribution in [0.4, 0.5) is 0 Å². The lowest BCUT2D eigenvalue weighted by Gasteiger charge is -2.17. The highest BCUT2D eigenvalue weighted by atomic mass is 32.2. The Kier molecular flexibility index (Phi) is 6.45. The average Bonchev–Trinajstić information content (AvgIpc) is 2.67. The summed E-state index contributed by atoms with van der Waals surface area (Å²) in [6, 6.07) is 11.4. The number of hydrogen-bond acceptors (Lipinski definition) is 5. The molecule has 0 bridgehead atoms. The molecule has 2 aromatic carbocycles. The van der Waals surface area contributed by atoms with E-state index in [4.69, 9.17) is 9.47 Å².